The van der Waals surface area contributed by atoms with Crippen molar-refractivity contribution in [1.82, 2.24) is 14.7 Å². The van der Waals surface area contributed by atoms with Gasteiger partial charge in [0.05, 0.1) is 11.7 Å². The number of rotatable bonds is 2. The number of nitrogens with zero attached hydrogens (tertiary/aromatic N) is 3. The lowest BCUT2D eigenvalue weighted by molar-refractivity contribution is -0.0366. The number of ether oxygens (including phenoxy) is 2. The molecule has 1 unspecified atom stereocenters. The van der Waals surface area contributed by atoms with E-state index in [1.165, 1.54) is 0 Å². The number of carbonyl (C=O) groups is 1. The molecule has 4 rings (SSSR count). The number of amides is 1. The molecule has 0 N–H and O–H groups in total. The highest BCUT2D eigenvalue weighted by Crippen LogP contribution is 2.34. The summed E-state index contributed by atoms with van der Waals surface area (Å²) in [5.41, 5.74) is 1.88. The highest BCUT2D eigenvalue weighted by atomic mass is 16.6. The number of benzene rings is 1. The summed E-state index contributed by atoms with van der Waals surface area (Å²) < 4.78 is 47.4. The van der Waals surface area contributed by atoms with Crippen LogP contribution in [-0.4, -0.2) is 46.0 Å². The van der Waals surface area contributed by atoms with Crippen LogP contribution in [0.2, 0.25) is 0 Å². The van der Waals surface area contributed by atoms with Crippen molar-refractivity contribution in [2.24, 2.45) is 0 Å². The average molecular weight is 404 g/mol. The fourth-order valence-electron chi connectivity index (χ4n) is 4.00. The summed E-state index contributed by atoms with van der Waals surface area (Å²) in [5, 5.41) is 5.52. The number of hydrogen-bond donors (Lipinski definition) is 0. The van der Waals surface area contributed by atoms with Gasteiger partial charge in [0.2, 0.25) is 0 Å². The Balaban J connectivity index is 1.67. The molecule has 0 spiro atoms. The third-order valence-electron chi connectivity index (χ3n) is 5.42. The maximum atomic E-state index is 12.7. The van der Waals surface area contributed by atoms with Crippen molar-refractivity contribution in [1.29, 1.82) is 0 Å². The number of aryl methyl sites for hydroxylation is 1. The summed E-state index contributed by atoms with van der Waals surface area (Å²) in [6.45, 7) is 3.29. The number of aromatic nitrogens is 2. The van der Waals surface area contributed by atoms with Crippen LogP contribution in [0.4, 0.5) is 4.79 Å². The summed E-state index contributed by atoms with van der Waals surface area (Å²) in [6.07, 6.45) is 3.68. The fraction of sp³-hybridized carbons (Fsp3) is 0.652. The van der Waals surface area contributed by atoms with Crippen molar-refractivity contribution in [3.05, 3.63) is 29.5 Å². The van der Waals surface area contributed by atoms with Gasteiger partial charge in [-0.2, -0.15) is 5.10 Å². The van der Waals surface area contributed by atoms with Crippen LogP contribution in [0.3, 0.4) is 0 Å². The summed E-state index contributed by atoms with van der Waals surface area (Å²) in [5.74, 6) is -0.409. The van der Waals surface area contributed by atoms with Gasteiger partial charge in [-0.05, 0) is 89.0 Å². The molecule has 3 heterocycles. The standard InChI is InChI=1S/C23H33N3O3/c1-16-13-18-15-24-26(21-7-5-6-12-28-21)20(18)14-19(16)17-8-10-25(11-9-17)22(27)29-23(2,3)4/h13-15,17,21H,5-12H2,1-4H3/i10D2,11D2. The lowest BCUT2D eigenvalue weighted by Gasteiger charge is -2.34. The molecule has 0 aliphatic carbocycles. The molecule has 6 nitrogen and oxygen atoms in total. The lowest BCUT2D eigenvalue weighted by atomic mass is 9.86. The third-order valence-corrected chi connectivity index (χ3v) is 5.42. The molecule has 1 atom stereocenters. The first kappa shape index (κ1) is 15.7. The van der Waals surface area contributed by atoms with Crippen molar-refractivity contribution in [2.75, 3.05) is 19.6 Å². The van der Waals surface area contributed by atoms with E-state index in [1.807, 2.05) is 29.9 Å². The quantitative estimate of drug-likeness (QED) is 0.695. The number of hydrogen-bond acceptors (Lipinski definition) is 4. The Morgan fingerprint density at radius 1 is 1.24 bits per heavy atom. The van der Waals surface area contributed by atoms with Crippen LogP contribution in [0.1, 0.15) is 81.6 Å². The Morgan fingerprint density at radius 3 is 2.66 bits per heavy atom. The minimum Gasteiger partial charge on any atom is -0.444 e. The van der Waals surface area contributed by atoms with Crippen molar-refractivity contribution in [2.45, 2.75) is 77.5 Å². The topological polar surface area (TPSA) is 56.6 Å². The van der Waals surface area contributed by atoms with Crippen molar-refractivity contribution < 1.29 is 19.8 Å². The van der Waals surface area contributed by atoms with E-state index in [-0.39, 0.29) is 19.1 Å². The molecule has 0 bridgehead atoms. The second-order valence-corrected chi connectivity index (χ2v) is 8.92. The molecule has 2 saturated heterocycles. The first-order chi connectivity index (χ1) is 15.3. The SMILES string of the molecule is [2H]C1([2H])CC(c2cc3c(cnn3C3CCCCO3)cc2C)CC([2H])([2H])N1C(=O)OC(C)(C)C. The largest absolute Gasteiger partial charge is 0.444 e. The van der Waals surface area contributed by atoms with E-state index in [0.29, 0.717) is 11.5 Å². The minimum absolute atomic E-state index is 0.0217. The second kappa shape index (κ2) is 7.98. The van der Waals surface area contributed by atoms with Crippen LogP contribution >= 0.6 is 0 Å². The van der Waals surface area contributed by atoms with Crippen LogP contribution < -0.4 is 0 Å². The summed E-state index contributed by atoms with van der Waals surface area (Å²) in [7, 11) is 0. The highest BCUT2D eigenvalue weighted by molar-refractivity contribution is 5.81. The minimum atomic E-state index is -2.21. The molecule has 2 aromatic rings. The molecular formula is C23H33N3O3. The van der Waals surface area contributed by atoms with Gasteiger partial charge in [0.1, 0.15) is 5.60 Å². The zero-order chi connectivity index (χ0) is 24.2. The first-order valence-electron chi connectivity index (χ1n) is 12.4. The van der Waals surface area contributed by atoms with Gasteiger partial charge in [-0.15, -0.1) is 0 Å². The Morgan fingerprint density at radius 2 is 2.00 bits per heavy atom. The highest BCUT2D eigenvalue weighted by Gasteiger charge is 2.28. The molecule has 2 aliphatic heterocycles. The molecule has 0 saturated carbocycles. The lowest BCUT2D eigenvalue weighted by Crippen LogP contribution is -2.41. The Kier molecular flexibility index (Phi) is 4.32. The molecule has 1 aromatic carbocycles. The average Bonchev–Trinajstić information content (AvgIpc) is 3.07. The second-order valence-electron chi connectivity index (χ2n) is 8.92. The van der Waals surface area contributed by atoms with Gasteiger partial charge in [0, 0.05) is 30.5 Å². The Labute approximate surface area is 178 Å². The molecule has 6 heteroatoms. The van der Waals surface area contributed by atoms with Crippen LogP contribution in [0.5, 0.6) is 0 Å². The van der Waals surface area contributed by atoms with Crippen LogP contribution in [0.15, 0.2) is 18.3 Å². The summed E-state index contributed by atoms with van der Waals surface area (Å²) >= 11 is 0. The predicted molar refractivity (Wildman–Crippen MR) is 113 cm³/mol. The zero-order valence-electron chi connectivity index (χ0n) is 21.7. The van der Waals surface area contributed by atoms with E-state index in [0.717, 1.165) is 41.3 Å². The molecule has 1 aromatic heterocycles. The monoisotopic (exact) mass is 403 g/mol. The van der Waals surface area contributed by atoms with Gasteiger partial charge < -0.3 is 14.4 Å². The van der Waals surface area contributed by atoms with Crippen molar-refractivity contribution in [3.8, 4) is 0 Å². The van der Waals surface area contributed by atoms with Gasteiger partial charge >= 0.3 is 6.09 Å². The van der Waals surface area contributed by atoms with E-state index in [1.54, 1.807) is 20.8 Å². The molecule has 158 valence electrons. The van der Waals surface area contributed by atoms with E-state index >= 15 is 0 Å². The van der Waals surface area contributed by atoms with E-state index in [9.17, 15) is 4.79 Å². The molecule has 29 heavy (non-hydrogen) atoms. The van der Waals surface area contributed by atoms with E-state index < -0.39 is 30.6 Å². The smallest absolute Gasteiger partial charge is 0.410 e. The molecular weight excluding hydrogens is 366 g/mol. The summed E-state index contributed by atoms with van der Waals surface area (Å²) in [4.78, 5) is 13.3. The van der Waals surface area contributed by atoms with E-state index in [2.05, 4.69) is 5.10 Å². The number of likely N-dealkylation sites (tertiary alicyclic amines) is 1. The maximum absolute atomic E-state index is 12.7. The van der Waals surface area contributed by atoms with Gasteiger partial charge in [-0.3, -0.25) is 0 Å². The normalized spacial score (nSPS) is 27.0. The van der Waals surface area contributed by atoms with Crippen molar-refractivity contribution in [3.63, 3.8) is 0 Å². The van der Waals surface area contributed by atoms with Crippen LogP contribution in [-0.2, 0) is 9.47 Å². The Hall–Kier alpha value is -2.08. The maximum Gasteiger partial charge on any atom is 0.410 e. The molecule has 2 fully saturated rings. The first-order valence-corrected chi connectivity index (χ1v) is 10.4. The number of fused-ring (bicyclic) bond motifs is 1. The van der Waals surface area contributed by atoms with Gasteiger partial charge in [-0.25, -0.2) is 9.48 Å². The predicted octanol–water partition coefficient (Wildman–Crippen LogP) is 5.16. The van der Waals surface area contributed by atoms with Crippen molar-refractivity contribution >= 4 is 17.0 Å². The Bertz CT molecular complexity index is 1020. The molecule has 0 radical (unpaired) electrons. The van der Waals surface area contributed by atoms with Crippen LogP contribution in [0, 0.1) is 6.92 Å². The summed E-state index contributed by atoms with van der Waals surface area (Å²) in [6, 6.07) is 4.01. The van der Waals surface area contributed by atoms with E-state index in [4.69, 9.17) is 15.0 Å². The fourth-order valence-corrected chi connectivity index (χ4v) is 4.00. The number of piperidine rings is 1. The van der Waals surface area contributed by atoms with Gasteiger partial charge in [0.15, 0.2) is 6.23 Å². The molecule has 2 aliphatic rings. The zero-order valence-corrected chi connectivity index (χ0v) is 17.7. The van der Waals surface area contributed by atoms with Crippen LogP contribution in [0.25, 0.3) is 10.9 Å². The number of carbonyl (C=O) groups excluding carboxylic acids is 1. The van der Waals surface area contributed by atoms with Gasteiger partial charge in [-0.1, -0.05) is 0 Å². The molecule has 1 amide bonds. The van der Waals surface area contributed by atoms with Gasteiger partial charge in [0.25, 0.3) is 0 Å². The third kappa shape index (κ3) is 4.42.